The second-order valence-corrected chi connectivity index (χ2v) is 10.9. The number of amides is 1. The quantitative estimate of drug-likeness (QED) is 0.465. The molecule has 1 saturated carbocycles. The Kier molecular flexibility index (Phi) is 10.3. The molecule has 1 aromatic carbocycles. The van der Waals surface area contributed by atoms with Gasteiger partial charge in [-0.3, -0.25) is 14.7 Å². The molecule has 1 unspecified atom stereocenters. The van der Waals surface area contributed by atoms with Crippen LogP contribution < -0.4 is 5.32 Å². The lowest BCUT2D eigenvalue weighted by Gasteiger charge is -2.45. The van der Waals surface area contributed by atoms with Gasteiger partial charge < -0.3 is 10.4 Å². The zero-order chi connectivity index (χ0) is 28.7. The van der Waals surface area contributed by atoms with Gasteiger partial charge in [0.25, 0.3) is 5.92 Å². The Morgan fingerprint density at radius 2 is 2.11 bits per heavy atom. The summed E-state index contributed by atoms with van der Waals surface area (Å²) in [6.07, 6.45) is 4.34. The molecule has 208 valence electrons. The lowest BCUT2D eigenvalue weighted by atomic mass is 9.66. The van der Waals surface area contributed by atoms with Crippen LogP contribution in [-0.4, -0.2) is 52.6 Å². The average Bonchev–Trinajstić information content (AvgIpc) is 2.86. The van der Waals surface area contributed by atoms with Crippen LogP contribution in [0.1, 0.15) is 78.4 Å². The van der Waals surface area contributed by atoms with Crippen LogP contribution in [0, 0.1) is 29.6 Å². The Labute approximate surface area is 225 Å². The number of carbonyl (C=O) groups excluding carboxylic acids is 1. The fourth-order valence-corrected chi connectivity index (χ4v) is 4.76. The number of hydrogen-bond acceptors (Lipinski definition) is 6. The van der Waals surface area contributed by atoms with E-state index < -0.39 is 16.9 Å². The highest BCUT2D eigenvalue weighted by Crippen LogP contribution is 2.52. The third kappa shape index (κ3) is 7.70. The number of aryl methyl sites for hydroxylation is 1. The molecule has 0 spiro atoms. The van der Waals surface area contributed by atoms with E-state index in [-0.39, 0.29) is 18.2 Å². The van der Waals surface area contributed by atoms with Gasteiger partial charge in [0.1, 0.15) is 5.84 Å². The zero-order valence-electron chi connectivity index (χ0n) is 23.6. The van der Waals surface area contributed by atoms with Crippen LogP contribution in [0.2, 0.25) is 0 Å². The van der Waals surface area contributed by atoms with E-state index in [1.54, 1.807) is 44.9 Å². The molecule has 0 bridgehead atoms. The predicted molar refractivity (Wildman–Crippen MR) is 148 cm³/mol. The van der Waals surface area contributed by atoms with Crippen molar-refractivity contribution in [1.82, 2.24) is 10.2 Å². The highest BCUT2D eigenvalue weighted by molar-refractivity contribution is 5.99. The molecular weight excluding hydrogens is 488 g/mol. The monoisotopic (exact) mass is 529 g/mol. The lowest BCUT2D eigenvalue weighted by Crippen LogP contribution is -2.50. The number of amidine groups is 1. The zero-order valence-corrected chi connectivity index (χ0v) is 23.6. The van der Waals surface area contributed by atoms with Gasteiger partial charge in [0.2, 0.25) is 5.91 Å². The molecule has 3 rings (SSSR count). The summed E-state index contributed by atoms with van der Waals surface area (Å²) < 4.78 is 28.6. The summed E-state index contributed by atoms with van der Waals surface area (Å²) in [6.45, 7) is 12.8. The van der Waals surface area contributed by atoms with Crippen molar-refractivity contribution in [3.05, 3.63) is 41.2 Å². The number of aliphatic imine (C=N–C) groups is 2. The van der Waals surface area contributed by atoms with Crippen molar-refractivity contribution >= 4 is 23.6 Å². The Morgan fingerprint density at radius 1 is 1.42 bits per heavy atom. The minimum atomic E-state index is -2.66. The topological polar surface area (TPSA) is 101 Å². The molecule has 7 nitrogen and oxygen atoms in total. The van der Waals surface area contributed by atoms with Gasteiger partial charge in [-0.1, -0.05) is 13.8 Å². The van der Waals surface area contributed by atoms with Gasteiger partial charge in [0.05, 0.1) is 41.4 Å². The van der Waals surface area contributed by atoms with Crippen molar-refractivity contribution in [2.24, 2.45) is 21.3 Å². The Hall–Kier alpha value is -3.12. The summed E-state index contributed by atoms with van der Waals surface area (Å²) in [7, 11) is 0. The van der Waals surface area contributed by atoms with Crippen LogP contribution in [-0.2, 0) is 4.79 Å². The first-order valence-corrected chi connectivity index (χ1v) is 13.1. The Bertz CT molecular complexity index is 1130. The first-order valence-electron chi connectivity index (χ1n) is 13.1. The van der Waals surface area contributed by atoms with Crippen LogP contribution in [0.4, 0.5) is 14.5 Å². The summed E-state index contributed by atoms with van der Waals surface area (Å²) in [5.41, 5.74) is 1.17. The van der Waals surface area contributed by atoms with Crippen molar-refractivity contribution < 1.29 is 18.7 Å². The van der Waals surface area contributed by atoms with Crippen LogP contribution in [0.25, 0.3) is 0 Å². The number of aliphatic hydroxyl groups is 1. The van der Waals surface area contributed by atoms with E-state index in [1.807, 2.05) is 26.0 Å². The molecule has 1 heterocycles. The van der Waals surface area contributed by atoms with Gasteiger partial charge >= 0.3 is 0 Å². The average molecular weight is 530 g/mol. The minimum Gasteiger partial charge on any atom is -0.384 e. The molecule has 2 N–H and O–H groups in total. The number of benzene rings is 1. The van der Waals surface area contributed by atoms with Gasteiger partial charge in [-0.25, -0.2) is 13.8 Å². The standard InChI is InChI=1S/C19H31F2N3O2.C10H10N2/c1-6-18(5)9-14(7-8-19(18,20)21)12-24(13(2)25)16-11-22-15(10-23-16)17(3,4)26;1-3-12-10-5-4-9(7-11)6-8(10)2/h10,14,22,26H,6-9,11-12H2,1-5H3;3-6H,1-2H3/t14?,18-;/m1./s1. The van der Waals surface area contributed by atoms with Crippen LogP contribution in [0.3, 0.4) is 0 Å². The van der Waals surface area contributed by atoms with Crippen LogP contribution in [0.5, 0.6) is 0 Å². The first-order chi connectivity index (χ1) is 17.7. The molecule has 1 aromatic rings. The molecule has 9 heteroatoms. The third-order valence-corrected chi connectivity index (χ3v) is 7.43. The molecular formula is C29H41F2N5O2. The van der Waals surface area contributed by atoms with E-state index >= 15 is 0 Å². The van der Waals surface area contributed by atoms with Crippen molar-refractivity contribution in [3.63, 3.8) is 0 Å². The SMILES string of the molecule is CC=Nc1ccc(C#N)cc1C.CC[C@]1(C)CC(CN(C(C)=O)C2=NC=C(C(C)(C)O)NC2)CCC1(F)F. The van der Waals surface area contributed by atoms with Gasteiger partial charge in [-0.05, 0) is 76.6 Å². The van der Waals surface area contributed by atoms with Crippen molar-refractivity contribution in [2.45, 2.75) is 85.7 Å². The summed E-state index contributed by atoms with van der Waals surface area (Å²) in [5.74, 6) is -2.24. The van der Waals surface area contributed by atoms with Gasteiger partial charge in [-0.15, -0.1) is 0 Å². The number of carbonyl (C=O) groups is 1. The van der Waals surface area contributed by atoms with E-state index in [0.717, 1.165) is 11.3 Å². The number of nitriles is 1. The van der Waals surface area contributed by atoms with Crippen molar-refractivity contribution in [1.29, 1.82) is 5.26 Å². The number of rotatable bonds is 5. The number of alkyl halides is 2. The largest absolute Gasteiger partial charge is 0.384 e. The van der Waals surface area contributed by atoms with Crippen LogP contribution >= 0.6 is 0 Å². The fraction of sp³-hybridized carbons (Fsp3) is 0.586. The maximum absolute atomic E-state index is 14.3. The number of nitrogens with one attached hydrogen (secondary N) is 1. The van der Waals surface area contributed by atoms with Gasteiger partial charge in [0, 0.05) is 31.5 Å². The summed E-state index contributed by atoms with van der Waals surface area (Å²) in [6, 6.07) is 7.55. The van der Waals surface area contributed by atoms with E-state index in [2.05, 4.69) is 21.4 Å². The first kappa shape index (κ1) is 31.1. The van der Waals surface area contributed by atoms with Gasteiger partial charge in [0.15, 0.2) is 0 Å². The molecule has 0 saturated heterocycles. The van der Waals surface area contributed by atoms with Gasteiger partial charge in [-0.2, -0.15) is 5.26 Å². The molecule has 1 aliphatic carbocycles. The Morgan fingerprint density at radius 3 is 2.58 bits per heavy atom. The second-order valence-electron chi connectivity index (χ2n) is 10.9. The normalized spacial score (nSPS) is 22.8. The molecule has 2 atom stereocenters. The molecule has 1 fully saturated rings. The summed E-state index contributed by atoms with van der Waals surface area (Å²) in [4.78, 5) is 22.2. The second kappa shape index (κ2) is 12.6. The lowest BCUT2D eigenvalue weighted by molar-refractivity contribution is -0.156. The highest BCUT2D eigenvalue weighted by atomic mass is 19.3. The fourth-order valence-electron chi connectivity index (χ4n) is 4.76. The van der Waals surface area contributed by atoms with E-state index in [1.165, 1.54) is 13.1 Å². The maximum Gasteiger partial charge on any atom is 0.253 e. The third-order valence-electron chi connectivity index (χ3n) is 7.43. The molecule has 38 heavy (non-hydrogen) atoms. The molecule has 0 aromatic heterocycles. The van der Waals surface area contributed by atoms with Crippen molar-refractivity contribution in [2.75, 3.05) is 13.1 Å². The Balaban J connectivity index is 0.000000352. The molecule has 0 radical (unpaired) electrons. The van der Waals surface area contributed by atoms with E-state index in [0.29, 0.717) is 49.4 Å². The maximum atomic E-state index is 14.3. The highest BCUT2D eigenvalue weighted by Gasteiger charge is 2.52. The molecule has 2 aliphatic rings. The number of halogens is 2. The molecule has 1 amide bonds. The predicted octanol–water partition coefficient (Wildman–Crippen LogP) is 5.89. The molecule has 1 aliphatic heterocycles. The minimum absolute atomic E-state index is 0.0193. The van der Waals surface area contributed by atoms with Crippen molar-refractivity contribution in [3.8, 4) is 6.07 Å². The van der Waals surface area contributed by atoms with Crippen LogP contribution in [0.15, 0.2) is 40.1 Å². The summed E-state index contributed by atoms with van der Waals surface area (Å²) >= 11 is 0. The smallest absolute Gasteiger partial charge is 0.253 e. The van der Waals surface area contributed by atoms with E-state index in [9.17, 15) is 18.7 Å². The van der Waals surface area contributed by atoms with E-state index in [4.69, 9.17) is 5.26 Å². The number of nitrogens with zero attached hydrogens (tertiary/aromatic N) is 4. The number of hydrogen-bond donors (Lipinski definition) is 2. The summed E-state index contributed by atoms with van der Waals surface area (Å²) in [5, 5.41) is 21.7.